The van der Waals surface area contributed by atoms with Crippen LogP contribution >= 0.6 is 0 Å². The van der Waals surface area contributed by atoms with E-state index in [4.69, 9.17) is 9.66 Å². The molecule has 0 spiro atoms. The minimum atomic E-state index is -4.18. The van der Waals surface area contributed by atoms with Gasteiger partial charge in [-0.05, 0) is 0 Å². The fraction of sp³-hybridized carbons (Fsp3) is 1.00. The van der Waals surface area contributed by atoms with E-state index in [0.29, 0.717) is 0 Å². The van der Waals surface area contributed by atoms with E-state index in [0.717, 1.165) is 0 Å². The molecule has 0 rings (SSSR count). The van der Waals surface area contributed by atoms with E-state index in [9.17, 15) is 8.42 Å². The average molecular weight is 200 g/mol. The minimum absolute atomic E-state index is 0.0766. The Balaban J connectivity index is 3.53. The van der Waals surface area contributed by atoms with E-state index in [1.165, 1.54) is 7.11 Å². The van der Waals surface area contributed by atoms with Gasteiger partial charge in [0.25, 0.3) is 10.1 Å². The summed E-state index contributed by atoms with van der Waals surface area (Å²) in [5, 5.41) is 8.79. The second-order valence-electron chi connectivity index (χ2n) is 2.07. The van der Waals surface area contributed by atoms with E-state index in [1.54, 1.807) is 0 Å². The summed E-state index contributed by atoms with van der Waals surface area (Å²) in [6, 6.07) is 0. The quantitative estimate of drug-likeness (QED) is 0.319. The highest BCUT2D eigenvalue weighted by Crippen LogP contribution is 1.92. The van der Waals surface area contributed by atoms with Gasteiger partial charge in [-0.2, -0.15) is 8.42 Å². The monoisotopic (exact) mass is 200 g/mol. The highest BCUT2D eigenvalue weighted by Gasteiger charge is 2.13. The summed E-state index contributed by atoms with van der Waals surface area (Å²) < 4.78 is 37.7. The van der Waals surface area contributed by atoms with Crippen molar-refractivity contribution in [2.24, 2.45) is 0 Å². The first-order chi connectivity index (χ1) is 5.45. The van der Waals surface area contributed by atoms with Crippen LogP contribution in [-0.2, 0) is 19.6 Å². The largest absolute Gasteiger partial charge is 0.382 e. The van der Waals surface area contributed by atoms with Crippen molar-refractivity contribution in [2.75, 3.05) is 26.1 Å². The number of aliphatic hydroxyl groups excluding tert-OH is 1. The van der Waals surface area contributed by atoms with Gasteiger partial charge in [0.2, 0.25) is 0 Å². The molecule has 1 unspecified atom stereocenters. The predicted molar refractivity (Wildman–Crippen MR) is 40.3 cm³/mol. The van der Waals surface area contributed by atoms with E-state index in [1.807, 2.05) is 0 Å². The highest BCUT2D eigenvalue weighted by atomic mass is 32.2. The Bertz CT molecular complexity index is 198. The Hall–Kier alpha value is -0.210. The van der Waals surface area contributed by atoms with Gasteiger partial charge in [0.15, 0.2) is 6.29 Å². The number of hydrogen-bond donors (Lipinski definition) is 2. The van der Waals surface area contributed by atoms with Gasteiger partial charge in [0.1, 0.15) is 5.75 Å². The third-order valence-electron chi connectivity index (χ3n) is 0.951. The van der Waals surface area contributed by atoms with Crippen molar-refractivity contribution in [3.05, 3.63) is 0 Å². The number of aliphatic hydroxyl groups is 1. The third kappa shape index (κ3) is 7.89. The summed E-state index contributed by atoms with van der Waals surface area (Å²) in [6.45, 7) is 0.329. The van der Waals surface area contributed by atoms with Gasteiger partial charge in [-0.25, -0.2) is 0 Å². The van der Waals surface area contributed by atoms with Crippen molar-refractivity contribution in [1.29, 1.82) is 0 Å². The maximum atomic E-state index is 10.2. The zero-order chi connectivity index (χ0) is 9.61. The van der Waals surface area contributed by atoms with Gasteiger partial charge >= 0.3 is 0 Å². The first-order valence-corrected chi connectivity index (χ1v) is 4.80. The molecule has 0 aromatic rings. The molecule has 0 aromatic carbocycles. The lowest BCUT2D eigenvalue weighted by Gasteiger charge is -2.08. The van der Waals surface area contributed by atoms with Gasteiger partial charge in [-0.3, -0.25) is 4.55 Å². The third-order valence-corrected chi connectivity index (χ3v) is 1.66. The SMILES string of the molecule is COCCOC(O)CS(=O)(=O)O. The molecule has 7 heteroatoms. The standard InChI is InChI=1S/C5H12O6S/c1-10-2-3-11-5(6)4-12(7,8)9/h5-6H,2-4H2,1H3,(H,7,8,9). The molecule has 0 amide bonds. The van der Waals surface area contributed by atoms with Crippen LogP contribution in [0.4, 0.5) is 0 Å². The Morgan fingerprint density at radius 1 is 1.42 bits per heavy atom. The molecule has 12 heavy (non-hydrogen) atoms. The number of rotatable bonds is 6. The number of methoxy groups -OCH3 is 1. The summed E-state index contributed by atoms with van der Waals surface area (Å²) in [7, 11) is -2.73. The Morgan fingerprint density at radius 2 is 2.00 bits per heavy atom. The molecule has 6 nitrogen and oxygen atoms in total. The van der Waals surface area contributed by atoms with Crippen LogP contribution in [0.2, 0.25) is 0 Å². The van der Waals surface area contributed by atoms with Crippen LogP contribution in [-0.4, -0.2) is 50.4 Å². The van der Waals surface area contributed by atoms with Crippen molar-refractivity contribution >= 4 is 10.1 Å². The summed E-state index contributed by atoms with van der Waals surface area (Å²) in [5.41, 5.74) is 0. The molecule has 0 aromatic heterocycles. The van der Waals surface area contributed by atoms with E-state index in [2.05, 4.69) is 9.47 Å². The molecule has 0 heterocycles. The molecule has 0 radical (unpaired) electrons. The van der Waals surface area contributed by atoms with Crippen molar-refractivity contribution in [3.8, 4) is 0 Å². The molecule has 0 aliphatic rings. The van der Waals surface area contributed by atoms with Gasteiger partial charge in [-0.1, -0.05) is 0 Å². The topological polar surface area (TPSA) is 93.1 Å². The van der Waals surface area contributed by atoms with Crippen molar-refractivity contribution in [3.63, 3.8) is 0 Å². The lowest BCUT2D eigenvalue weighted by molar-refractivity contribution is -0.0944. The number of hydrogen-bond acceptors (Lipinski definition) is 5. The van der Waals surface area contributed by atoms with Crippen LogP contribution in [0.5, 0.6) is 0 Å². The highest BCUT2D eigenvalue weighted by molar-refractivity contribution is 7.85. The Kier molecular flexibility index (Phi) is 5.34. The smallest absolute Gasteiger partial charge is 0.269 e. The molecule has 0 saturated heterocycles. The summed E-state index contributed by atoms with van der Waals surface area (Å²) in [4.78, 5) is 0. The molecule has 0 saturated carbocycles. The van der Waals surface area contributed by atoms with E-state index >= 15 is 0 Å². The van der Waals surface area contributed by atoms with Gasteiger partial charge in [0, 0.05) is 7.11 Å². The molecule has 0 fully saturated rings. The molecule has 0 aliphatic heterocycles. The lowest BCUT2D eigenvalue weighted by Crippen LogP contribution is -2.24. The Labute approximate surface area is 70.8 Å². The fourth-order valence-electron chi connectivity index (χ4n) is 0.496. The fourth-order valence-corrected chi connectivity index (χ4v) is 0.952. The first kappa shape index (κ1) is 11.8. The second kappa shape index (κ2) is 5.44. The molecular formula is C5H12O6S. The van der Waals surface area contributed by atoms with Crippen molar-refractivity contribution < 1.29 is 27.6 Å². The van der Waals surface area contributed by atoms with Gasteiger partial charge in [-0.15, -0.1) is 0 Å². The normalized spacial score (nSPS) is 14.6. The van der Waals surface area contributed by atoms with Gasteiger partial charge < -0.3 is 14.6 Å². The number of ether oxygens (including phenoxy) is 2. The molecule has 1 atom stereocenters. The second-order valence-corrected chi connectivity index (χ2v) is 3.56. The van der Waals surface area contributed by atoms with Crippen LogP contribution in [0, 0.1) is 0 Å². The first-order valence-electron chi connectivity index (χ1n) is 3.19. The van der Waals surface area contributed by atoms with Crippen LogP contribution in [0.1, 0.15) is 0 Å². The Morgan fingerprint density at radius 3 is 2.42 bits per heavy atom. The zero-order valence-electron chi connectivity index (χ0n) is 6.63. The lowest BCUT2D eigenvalue weighted by atomic mass is 10.7. The van der Waals surface area contributed by atoms with Crippen molar-refractivity contribution in [2.45, 2.75) is 6.29 Å². The summed E-state index contributed by atoms with van der Waals surface area (Å²) in [5.74, 6) is -0.823. The summed E-state index contributed by atoms with van der Waals surface area (Å²) >= 11 is 0. The van der Waals surface area contributed by atoms with E-state index < -0.39 is 22.2 Å². The predicted octanol–water partition coefficient (Wildman–Crippen LogP) is -1.14. The molecular weight excluding hydrogens is 188 g/mol. The van der Waals surface area contributed by atoms with Crippen LogP contribution in [0.25, 0.3) is 0 Å². The maximum absolute atomic E-state index is 10.2. The van der Waals surface area contributed by atoms with Crippen LogP contribution < -0.4 is 0 Å². The van der Waals surface area contributed by atoms with Crippen LogP contribution in [0.15, 0.2) is 0 Å². The molecule has 74 valence electrons. The van der Waals surface area contributed by atoms with Crippen LogP contribution in [0.3, 0.4) is 0 Å². The zero-order valence-corrected chi connectivity index (χ0v) is 7.45. The molecule has 0 aliphatic carbocycles. The summed E-state index contributed by atoms with van der Waals surface area (Å²) in [6.07, 6.45) is -1.50. The van der Waals surface area contributed by atoms with Gasteiger partial charge in [0.05, 0.1) is 13.2 Å². The molecule has 2 N–H and O–H groups in total. The van der Waals surface area contributed by atoms with E-state index in [-0.39, 0.29) is 13.2 Å². The van der Waals surface area contributed by atoms with Crippen molar-refractivity contribution in [1.82, 2.24) is 0 Å². The maximum Gasteiger partial charge on any atom is 0.269 e. The average Bonchev–Trinajstić information content (AvgIpc) is 1.84. The minimum Gasteiger partial charge on any atom is -0.382 e. The molecule has 0 bridgehead atoms.